The van der Waals surface area contributed by atoms with Gasteiger partial charge in [-0.3, -0.25) is 14.6 Å². The van der Waals surface area contributed by atoms with Crippen LogP contribution in [0.3, 0.4) is 0 Å². The van der Waals surface area contributed by atoms with E-state index in [2.05, 4.69) is 4.98 Å². The first kappa shape index (κ1) is 16.7. The quantitative estimate of drug-likeness (QED) is 0.839. The van der Waals surface area contributed by atoms with Crippen LogP contribution in [0.15, 0.2) is 54.9 Å². The molecule has 4 rings (SSSR count). The first-order valence-electron chi connectivity index (χ1n) is 8.75. The molecule has 2 aliphatic rings. The molecule has 0 aliphatic carbocycles. The molecular weight excluding hydrogens is 330 g/mol. The number of fused-ring (bicyclic) bond motifs is 1. The number of nitrogens with zero attached hydrogens (tertiary/aromatic N) is 3. The fraction of sp³-hybridized carbons (Fsp3) is 0.350. The van der Waals surface area contributed by atoms with E-state index in [0.29, 0.717) is 25.2 Å². The summed E-state index contributed by atoms with van der Waals surface area (Å²) in [5.74, 6) is -0.00637. The number of methoxy groups -OCH3 is 1. The maximum atomic E-state index is 12.8. The van der Waals surface area contributed by atoms with Gasteiger partial charge in [0, 0.05) is 50.6 Å². The zero-order valence-electron chi connectivity index (χ0n) is 14.6. The molecular formula is C20H21N3O3. The molecule has 3 heterocycles. The fourth-order valence-corrected chi connectivity index (χ4v) is 4.04. The lowest BCUT2D eigenvalue weighted by molar-refractivity contribution is -0.138. The van der Waals surface area contributed by atoms with E-state index in [1.807, 2.05) is 40.1 Å². The molecule has 3 atom stereocenters. The summed E-state index contributed by atoms with van der Waals surface area (Å²) in [6.45, 7) is 1.60. The molecule has 2 fully saturated rings. The van der Waals surface area contributed by atoms with E-state index in [9.17, 15) is 9.59 Å². The fourth-order valence-electron chi connectivity index (χ4n) is 4.04. The highest BCUT2D eigenvalue weighted by Gasteiger charge is 2.53. The van der Waals surface area contributed by atoms with E-state index in [0.717, 1.165) is 5.56 Å². The number of amides is 2. The summed E-state index contributed by atoms with van der Waals surface area (Å²) < 4.78 is 5.50. The second-order valence-electron chi connectivity index (χ2n) is 6.79. The molecule has 1 aromatic heterocycles. The molecule has 0 saturated carbocycles. The molecule has 0 bridgehead atoms. The van der Waals surface area contributed by atoms with Crippen LogP contribution < -0.4 is 0 Å². The summed E-state index contributed by atoms with van der Waals surface area (Å²) >= 11 is 0. The van der Waals surface area contributed by atoms with Crippen molar-refractivity contribution in [2.45, 2.75) is 18.7 Å². The van der Waals surface area contributed by atoms with Crippen LogP contribution in [0, 0.1) is 5.92 Å². The van der Waals surface area contributed by atoms with Crippen molar-refractivity contribution in [1.82, 2.24) is 14.8 Å². The molecule has 2 saturated heterocycles. The highest BCUT2D eigenvalue weighted by molar-refractivity contribution is 5.95. The van der Waals surface area contributed by atoms with E-state index in [-0.39, 0.29) is 23.8 Å². The zero-order valence-corrected chi connectivity index (χ0v) is 14.6. The third-order valence-corrected chi connectivity index (χ3v) is 5.31. The first-order valence-corrected chi connectivity index (χ1v) is 8.75. The van der Waals surface area contributed by atoms with Gasteiger partial charge >= 0.3 is 0 Å². The number of benzene rings is 1. The number of aromatic nitrogens is 1. The van der Waals surface area contributed by atoms with E-state index in [1.165, 1.54) is 0 Å². The average Bonchev–Trinajstić information content (AvgIpc) is 3.21. The highest BCUT2D eigenvalue weighted by Crippen LogP contribution is 2.35. The smallest absolute Gasteiger partial charge is 0.254 e. The third kappa shape index (κ3) is 2.86. The van der Waals surface area contributed by atoms with Crippen molar-refractivity contribution in [3.63, 3.8) is 0 Å². The Bertz CT molecular complexity index is 796. The summed E-state index contributed by atoms with van der Waals surface area (Å²) in [6, 6.07) is 13.3. The van der Waals surface area contributed by atoms with Crippen molar-refractivity contribution in [3.8, 4) is 0 Å². The molecule has 134 valence electrons. The number of likely N-dealkylation sites (tertiary alicyclic amines) is 2. The monoisotopic (exact) mass is 351 g/mol. The predicted octanol–water partition coefficient (Wildman–Crippen LogP) is 1.58. The lowest BCUT2D eigenvalue weighted by atomic mass is 10.0. The van der Waals surface area contributed by atoms with Crippen molar-refractivity contribution in [2.75, 3.05) is 20.2 Å². The Labute approximate surface area is 152 Å². The Kier molecular flexibility index (Phi) is 4.42. The van der Waals surface area contributed by atoms with Crippen LogP contribution in [0.5, 0.6) is 0 Å². The second-order valence-corrected chi connectivity index (χ2v) is 6.79. The topological polar surface area (TPSA) is 62.7 Å². The van der Waals surface area contributed by atoms with Crippen molar-refractivity contribution in [1.29, 1.82) is 0 Å². The third-order valence-electron chi connectivity index (χ3n) is 5.31. The highest BCUT2D eigenvalue weighted by atomic mass is 16.5. The first-order chi connectivity index (χ1) is 12.7. The predicted molar refractivity (Wildman–Crippen MR) is 95.2 cm³/mol. The molecule has 1 aromatic carbocycles. The maximum Gasteiger partial charge on any atom is 0.254 e. The van der Waals surface area contributed by atoms with Gasteiger partial charge in [0.25, 0.3) is 11.8 Å². The summed E-state index contributed by atoms with van der Waals surface area (Å²) in [6.07, 6.45) is 2.75. The van der Waals surface area contributed by atoms with Gasteiger partial charge in [0.15, 0.2) is 0 Å². The number of carbonyl (C=O) groups excluding carboxylic acids is 2. The van der Waals surface area contributed by atoms with Gasteiger partial charge in [0.05, 0.1) is 6.04 Å². The van der Waals surface area contributed by atoms with Crippen LogP contribution in [0.2, 0.25) is 0 Å². The van der Waals surface area contributed by atoms with Gasteiger partial charge in [0.2, 0.25) is 0 Å². The molecule has 26 heavy (non-hydrogen) atoms. The van der Waals surface area contributed by atoms with Crippen molar-refractivity contribution in [2.24, 2.45) is 5.92 Å². The molecule has 2 amide bonds. The summed E-state index contributed by atoms with van der Waals surface area (Å²) in [7, 11) is 1.57. The molecule has 0 unspecified atom stereocenters. The Morgan fingerprint density at radius 1 is 1.15 bits per heavy atom. The average molecular weight is 351 g/mol. The van der Waals surface area contributed by atoms with Crippen LogP contribution in [0.25, 0.3) is 0 Å². The van der Waals surface area contributed by atoms with Gasteiger partial charge in [-0.2, -0.15) is 0 Å². The molecule has 2 aliphatic heterocycles. The van der Waals surface area contributed by atoms with Gasteiger partial charge < -0.3 is 14.5 Å². The summed E-state index contributed by atoms with van der Waals surface area (Å²) in [5.41, 5.74) is 1.70. The number of pyridine rings is 1. The molecule has 6 nitrogen and oxygen atoms in total. The van der Waals surface area contributed by atoms with Crippen molar-refractivity contribution < 1.29 is 14.3 Å². The molecule has 2 aromatic rings. The molecule has 6 heteroatoms. The Morgan fingerprint density at radius 2 is 1.88 bits per heavy atom. The minimum absolute atomic E-state index is 0.00185. The van der Waals surface area contributed by atoms with Gasteiger partial charge in [-0.05, 0) is 17.7 Å². The lowest BCUT2D eigenvalue weighted by Gasteiger charge is -2.25. The van der Waals surface area contributed by atoms with Crippen LogP contribution in [0.4, 0.5) is 0 Å². The maximum absolute atomic E-state index is 12.8. The van der Waals surface area contributed by atoms with E-state index in [4.69, 9.17) is 4.74 Å². The second kappa shape index (κ2) is 6.88. The number of carbonyl (C=O) groups is 2. The SMILES string of the molecule is CO[C@@H]1C(=O)N(Cc2ccccc2)[C@@H]2CN(C(=O)c3ccncc3)C[C@H]12. The van der Waals surface area contributed by atoms with Crippen molar-refractivity contribution >= 4 is 11.8 Å². The van der Waals surface area contributed by atoms with Crippen LogP contribution in [-0.2, 0) is 16.1 Å². The largest absolute Gasteiger partial charge is 0.371 e. The lowest BCUT2D eigenvalue weighted by Crippen LogP contribution is -2.40. The minimum Gasteiger partial charge on any atom is -0.371 e. The zero-order chi connectivity index (χ0) is 18.1. The Hall–Kier alpha value is -2.73. The standard InChI is InChI=1S/C20H21N3O3/c1-26-18-16-12-22(19(24)15-7-9-21-10-8-15)13-17(16)23(20(18)25)11-14-5-3-2-4-6-14/h2-10,16-18H,11-13H2,1H3/t16-,17+,18-/m0/s1. The summed E-state index contributed by atoms with van der Waals surface area (Å²) in [4.78, 5) is 33.2. The number of hydrogen-bond acceptors (Lipinski definition) is 4. The summed E-state index contributed by atoms with van der Waals surface area (Å²) in [5, 5.41) is 0. The van der Waals surface area contributed by atoms with E-state index >= 15 is 0 Å². The Balaban J connectivity index is 1.55. The molecule has 0 radical (unpaired) electrons. The van der Waals surface area contributed by atoms with Gasteiger partial charge in [-0.1, -0.05) is 30.3 Å². The van der Waals surface area contributed by atoms with Gasteiger partial charge in [-0.25, -0.2) is 0 Å². The van der Waals surface area contributed by atoms with E-state index < -0.39 is 6.10 Å². The van der Waals surface area contributed by atoms with Crippen LogP contribution >= 0.6 is 0 Å². The van der Waals surface area contributed by atoms with E-state index in [1.54, 1.807) is 31.6 Å². The van der Waals surface area contributed by atoms with Crippen molar-refractivity contribution in [3.05, 3.63) is 66.0 Å². The number of rotatable bonds is 4. The number of hydrogen-bond donors (Lipinski definition) is 0. The number of ether oxygens (including phenoxy) is 1. The normalized spacial score (nSPS) is 24.8. The Morgan fingerprint density at radius 3 is 2.58 bits per heavy atom. The molecule has 0 N–H and O–H groups in total. The molecule has 0 spiro atoms. The van der Waals surface area contributed by atoms with Crippen LogP contribution in [0.1, 0.15) is 15.9 Å². The van der Waals surface area contributed by atoms with Gasteiger partial charge in [0.1, 0.15) is 6.10 Å². The van der Waals surface area contributed by atoms with Crippen LogP contribution in [-0.4, -0.2) is 58.9 Å². The van der Waals surface area contributed by atoms with Gasteiger partial charge in [-0.15, -0.1) is 0 Å². The minimum atomic E-state index is -0.487.